The van der Waals surface area contributed by atoms with Crippen LogP contribution in [0.25, 0.3) is 0 Å². The highest BCUT2D eigenvalue weighted by Crippen LogP contribution is 2.25. The van der Waals surface area contributed by atoms with Gasteiger partial charge in [0.15, 0.2) is 5.69 Å². The van der Waals surface area contributed by atoms with Gasteiger partial charge in [-0.3, -0.25) is 4.79 Å². The summed E-state index contributed by atoms with van der Waals surface area (Å²) in [5.74, 6) is -0.324. The van der Waals surface area contributed by atoms with E-state index in [1.807, 2.05) is 13.0 Å². The van der Waals surface area contributed by atoms with Crippen molar-refractivity contribution in [2.75, 3.05) is 18.4 Å². The van der Waals surface area contributed by atoms with E-state index in [9.17, 15) is 9.90 Å². The highest BCUT2D eigenvalue weighted by molar-refractivity contribution is 6.03. The third kappa shape index (κ3) is 3.50. The number of amides is 1. The molecule has 1 aromatic heterocycles. The molecule has 0 aliphatic carbocycles. The van der Waals surface area contributed by atoms with Gasteiger partial charge >= 0.3 is 0 Å². The maximum Gasteiger partial charge on any atom is 0.277 e. The summed E-state index contributed by atoms with van der Waals surface area (Å²) in [6.45, 7) is 3.91. The lowest BCUT2D eigenvalue weighted by Crippen LogP contribution is -2.29. The fourth-order valence-electron chi connectivity index (χ4n) is 2.72. The summed E-state index contributed by atoms with van der Waals surface area (Å²) in [7, 11) is 0. The van der Waals surface area contributed by atoms with Crippen LogP contribution in [-0.2, 0) is 6.42 Å². The van der Waals surface area contributed by atoms with E-state index in [-0.39, 0.29) is 23.4 Å². The third-order valence-corrected chi connectivity index (χ3v) is 4.14. The molecule has 23 heavy (non-hydrogen) atoms. The number of piperidine rings is 1. The van der Waals surface area contributed by atoms with Crippen molar-refractivity contribution in [2.45, 2.75) is 32.2 Å². The number of nitrogens with one attached hydrogen (secondary N) is 2. The fourth-order valence-corrected chi connectivity index (χ4v) is 2.72. The van der Waals surface area contributed by atoms with Crippen LogP contribution in [0.1, 0.15) is 41.9 Å². The molecule has 1 saturated heterocycles. The van der Waals surface area contributed by atoms with Crippen molar-refractivity contribution in [3.8, 4) is 5.75 Å². The molecular formula is C16H21N5O2. The number of aromatic hydroxyl groups is 1. The predicted octanol–water partition coefficient (Wildman–Crippen LogP) is 1.72. The fraction of sp³-hybridized carbons (Fsp3) is 0.438. The number of benzene rings is 1. The van der Waals surface area contributed by atoms with E-state index in [4.69, 9.17) is 0 Å². The van der Waals surface area contributed by atoms with Gasteiger partial charge in [0.2, 0.25) is 0 Å². The molecule has 3 N–H and O–H groups in total. The first kappa shape index (κ1) is 15.5. The predicted molar refractivity (Wildman–Crippen MR) is 86.6 cm³/mol. The number of rotatable bonds is 4. The summed E-state index contributed by atoms with van der Waals surface area (Å²) in [5.41, 5.74) is 1.69. The number of hydrogen-bond acceptors (Lipinski definition) is 5. The van der Waals surface area contributed by atoms with Crippen LogP contribution >= 0.6 is 0 Å². The molecule has 0 radical (unpaired) electrons. The van der Waals surface area contributed by atoms with Crippen LogP contribution in [0.2, 0.25) is 0 Å². The van der Waals surface area contributed by atoms with Gasteiger partial charge in [0.05, 0.1) is 17.9 Å². The zero-order chi connectivity index (χ0) is 16.2. The normalized spacial score (nSPS) is 15.5. The van der Waals surface area contributed by atoms with E-state index in [0.717, 1.165) is 37.9 Å². The molecule has 2 heterocycles. The quantitative estimate of drug-likeness (QED) is 0.747. The van der Waals surface area contributed by atoms with E-state index in [1.54, 1.807) is 23.0 Å². The Labute approximate surface area is 134 Å². The Kier molecular flexibility index (Phi) is 4.57. The topological polar surface area (TPSA) is 92.1 Å². The minimum Gasteiger partial charge on any atom is -0.506 e. The van der Waals surface area contributed by atoms with Gasteiger partial charge in [-0.15, -0.1) is 5.10 Å². The smallest absolute Gasteiger partial charge is 0.277 e. The number of aryl methyl sites for hydroxylation is 1. The van der Waals surface area contributed by atoms with Gasteiger partial charge in [-0.05, 0) is 50.0 Å². The second kappa shape index (κ2) is 6.78. The molecule has 122 valence electrons. The number of phenolic OH excluding ortho intramolecular Hbond substituents is 1. The van der Waals surface area contributed by atoms with Crippen molar-refractivity contribution < 1.29 is 9.90 Å². The van der Waals surface area contributed by atoms with Crippen molar-refractivity contribution in [3.05, 3.63) is 35.7 Å². The molecule has 1 aliphatic heterocycles. The number of carbonyl (C=O) groups is 1. The van der Waals surface area contributed by atoms with Crippen LogP contribution in [-0.4, -0.2) is 39.1 Å². The summed E-state index contributed by atoms with van der Waals surface area (Å²) < 4.78 is 1.76. The second-order valence-electron chi connectivity index (χ2n) is 5.72. The Morgan fingerprint density at radius 1 is 1.43 bits per heavy atom. The lowest BCUT2D eigenvalue weighted by Gasteiger charge is -2.22. The number of nitrogens with zero attached hydrogens (tertiary/aromatic N) is 3. The molecule has 0 saturated carbocycles. The SMILES string of the molecule is CCc1ccc(O)c(NC(=O)c2cn(C3CCNCC3)nn2)c1. The van der Waals surface area contributed by atoms with Gasteiger partial charge in [-0.1, -0.05) is 18.2 Å². The number of phenols is 1. The van der Waals surface area contributed by atoms with E-state index in [2.05, 4.69) is 20.9 Å². The molecule has 1 aromatic carbocycles. The molecular weight excluding hydrogens is 294 g/mol. The summed E-state index contributed by atoms with van der Waals surface area (Å²) in [5, 5.41) is 23.9. The highest BCUT2D eigenvalue weighted by Gasteiger charge is 2.19. The average Bonchev–Trinajstić information content (AvgIpc) is 3.08. The first-order chi connectivity index (χ1) is 11.2. The van der Waals surface area contributed by atoms with Crippen LogP contribution in [0.5, 0.6) is 5.75 Å². The minimum absolute atomic E-state index is 0.0429. The van der Waals surface area contributed by atoms with Crippen LogP contribution in [0.15, 0.2) is 24.4 Å². The lowest BCUT2D eigenvalue weighted by molar-refractivity contribution is 0.102. The first-order valence-corrected chi connectivity index (χ1v) is 7.93. The molecule has 7 heteroatoms. The second-order valence-corrected chi connectivity index (χ2v) is 5.72. The first-order valence-electron chi connectivity index (χ1n) is 7.93. The van der Waals surface area contributed by atoms with Crippen molar-refractivity contribution in [1.82, 2.24) is 20.3 Å². The zero-order valence-corrected chi connectivity index (χ0v) is 13.1. The van der Waals surface area contributed by atoms with Crippen LogP contribution in [0.4, 0.5) is 5.69 Å². The van der Waals surface area contributed by atoms with Crippen molar-refractivity contribution in [3.63, 3.8) is 0 Å². The molecule has 1 amide bonds. The Morgan fingerprint density at radius 2 is 2.22 bits per heavy atom. The summed E-state index contributed by atoms with van der Waals surface area (Å²) in [6, 6.07) is 5.46. The number of aromatic nitrogens is 3. The van der Waals surface area contributed by atoms with E-state index in [0.29, 0.717) is 5.69 Å². The maximum atomic E-state index is 12.3. The van der Waals surface area contributed by atoms with E-state index in [1.165, 1.54) is 0 Å². The molecule has 3 rings (SSSR count). The lowest BCUT2D eigenvalue weighted by atomic mass is 10.1. The Morgan fingerprint density at radius 3 is 2.96 bits per heavy atom. The maximum absolute atomic E-state index is 12.3. The molecule has 2 aromatic rings. The summed E-state index contributed by atoms with van der Waals surface area (Å²) >= 11 is 0. The highest BCUT2D eigenvalue weighted by atomic mass is 16.3. The van der Waals surface area contributed by atoms with Gasteiger partial charge in [-0.25, -0.2) is 4.68 Å². The van der Waals surface area contributed by atoms with E-state index >= 15 is 0 Å². The molecule has 7 nitrogen and oxygen atoms in total. The van der Waals surface area contributed by atoms with Crippen molar-refractivity contribution in [2.24, 2.45) is 0 Å². The number of anilines is 1. The molecule has 0 unspecified atom stereocenters. The average molecular weight is 315 g/mol. The Balaban J connectivity index is 1.72. The van der Waals surface area contributed by atoms with Crippen LogP contribution < -0.4 is 10.6 Å². The third-order valence-electron chi connectivity index (χ3n) is 4.14. The monoisotopic (exact) mass is 315 g/mol. The van der Waals surface area contributed by atoms with Gasteiger partial charge < -0.3 is 15.7 Å². The molecule has 0 bridgehead atoms. The van der Waals surface area contributed by atoms with Gasteiger partial charge in [-0.2, -0.15) is 0 Å². The van der Waals surface area contributed by atoms with Crippen LogP contribution in [0, 0.1) is 0 Å². The standard InChI is InChI=1S/C16H21N5O2/c1-2-11-3-4-15(22)13(9-11)18-16(23)14-10-21(20-19-14)12-5-7-17-8-6-12/h3-4,9-10,12,17,22H,2,5-8H2,1H3,(H,18,23). The summed E-state index contributed by atoms with van der Waals surface area (Å²) in [4.78, 5) is 12.3. The van der Waals surface area contributed by atoms with Gasteiger partial charge in [0.25, 0.3) is 5.91 Å². The minimum atomic E-state index is -0.367. The van der Waals surface area contributed by atoms with Gasteiger partial charge in [0.1, 0.15) is 5.75 Å². The largest absolute Gasteiger partial charge is 0.506 e. The van der Waals surface area contributed by atoms with Gasteiger partial charge in [0, 0.05) is 0 Å². The molecule has 0 atom stereocenters. The van der Waals surface area contributed by atoms with Crippen LogP contribution in [0.3, 0.4) is 0 Å². The number of hydrogen-bond donors (Lipinski definition) is 3. The van der Waals surface area contributed by atoms with Crippen molar-refractivity contribution >= 4 is 11.6 Å². The van der Waals surface area contributed by atoms with Crippen molar-refractivity contribution in [1.29, 1.82) is 0 Å². The zero-order valence-electron chi connectivity index (χ0n) is 13.1. The number of carbonyl (C=O) groups excluding carboxylic acids is 1. The summed E-state index contributed by atoms with van der Waals surface area (Å²) in [6.07, 6.45) is 4.45. The van der Waals surface area contributed by atoms with E-state index < -0.39 is 0 Å². The molecule has 1 fully saturated rings. The molecule has 1 aliphatic rings. The Bertz CT molecular complexity index is 692. The Hall–Kier alpha value is -2.41. The molecule has 0 spiro atoms.